The van der Waals surface area contributed by atoms with Gasteiger partial charge in [0.05, 0.1) is 23.6 Å². The summed E-state index contributed by atoms with van der Waals surface area (Å²) in [7, 11) is 1.68. The number of allylic oxidation sites excluding steroid dienone is 2. The predicted octanol–water partition coefficient (Wildman–Crippen LogP) is 1.41. The van der Waals surface area contributed by atoms with Crippen LogP contribution in [-0.4, -0.2) is 46.1 Å². The lowest BCUT2D eigenvalue weighted by molar-refractivity contribution is -0.147. The number of carbonyl (C=O) groups excluding carboxylic acids is 3. The largest absolute Gasteiger partial charge is 0.336 e. The maximum absolute atomic E-state index is 12.7. The number of pyridine rings is 1. The van der Waals surface area contributed by atoms with E-state index < -0.39 is 0 Å². The number of likely N-dealkylation sites (N-methyl/N-ethyl adjacent to an activating group) is 1. The van der Waals surface area contributed by atoms with Gasteiger partial charge in [-0.1, -0.05) is 18.2 Å². The van der Waals surface area contributed by atoms with Gasteiger partial charge in [-0.3, -0.25) is 24.3 Å². The van der Waals surface area contributed by atoms with Crippen LogP contribution in [0.25, 0.3) is 0 Å². The summed E-state index contributed by atoms with van der Waals surface area (Å²) in [5, 5.41) is 0. The van der Waals surface area contributed by atoms with Gasteiger partial charge in [0.15, 0.2) is 0 Å². The molecular formula is C19H21N3O3. The van der Waals surface area contributed by atoms with E-state index >= 15 is 0 Å². The van der Waals surface area contributed by atoms with Crippen molar-refractivity contribution < 1.29 is 14.4 Å². The van der Waals surface area contributed by atoms with Crippen LogP contribution in [0.5, 0.6) is 0 Å². The molecule has 5 atom stereocenters. The summed E-state index contributed by atoms with van der Waals surface area (Å²) < 4.78 is 0. The number of hydrogen-bond acceptors (Lipinski definition) is 4. The Labute approximate surface area is 146 Å². The smallest absolute Gasteiger partial charge is 0.243 e. The molecule has 1 aromatic heterocycles. The summed E-state index contributed by atoms with van der Waals surface area (Å²) in [6.07, 6.45) is 6.68. The fraction of sp³-hybridized carbons (Fsp3) is 0.474. The third-order valence-corrected chi connectivity index (χ3v) is 5.95. The highest BCUT2D eigenvalue weighted by molar-refractivity contribution is 6.08. The second-order valence-electron chi connectivity index (χ2n) is 7.20. The summed E-state index contributed by atoms with van der Waals surface area (Å²) in [6, 6.07) is 5.32. The molecule has 0 aromatic carbocycles. The average Bonchev–Trinajstić information content (AvgIpc) is 3.31. The molecule has 1 aromatic rings. The fourth-order valence-corrected chi connectivity index (χ4v) is 4.40. The van der Waals surface area contributed by atoms with Crippen molar-refractivity contribution in [3.63, 3.8) is 0 Å². The molecule has 2 heterocycles. The Bertz CT molecular complexity index is 730. The molecule has 130 valence electrons. The first-order valence-corrected chi connectivity index (χ1v) is 8.69. The van der Waals surface area contributed by atoms with E-state index in [-0.39, 0.29) is 54.0 Å². The summed E-state index contributed by atoms with van der Waals surface area (Å²) in [5.74, 6) is -0.797. The molecule has 1 aliphatic heterocycles. The van der Waals surface area contributed by atoms with Gasteiger partial charge in [-0.25, -0.2) is 0 Å². The Kier molecular flexibility index (Phi) is 3.71. The first kappa shape index (κ1) is 16.0. The van der Waals surface area contributed by atoms with E-state index in [0.717, 1.165) is 12.1 Å². The van der Waals surface area contributed by atoms with Crippen molar-refractivity contribution in [3.8, 4) is 0 Å². The molecule has 6 nitrogen and oxygen atoms in total. The molecule has 2 aliphatic carbocycles. The van der Waals surface area contributed by atoms with Crippen molar-refractivity contribution in [2.75, 3.05) is 13.6 Å². The molecular weight excluding hydrogens is 318 g/mol. The van der Waals surface area contributed by atoms with Crippen LogP contribution in [-0.2, 0) is 14.4 Å². The Morgan fingerprint density at radius 3 is 2.44 bits per heavy atom. The summed E-state index contributed by atoms with van der Waals surface area (Å²) in [5.41, 5.74) is 0.775. The number of amides is 3. The van der Waals surface area contributed by atoms with E-state index in [9.17, 15) is 14.4 Å². The van der Waals surface area contributed by atoms with Crippen molar-refractivity contribution in [3.05, 3.63) is 42.2 Å². The standard InChI is InChI=1S/C19H21N3O3/c1-11(14-5-3-4-8-20-14)21(2)15(23)10-22-18(24)16-12-6-7-13(9-12)17(16)19(22)25/h3-8,11-13,16-17H,9-10H2,1-2H3. The Morgan fingerprint density at radius 1 is 1.24 bits per heavy atom. The lowest BCUT2D eigenvalue weighted by Gasteiger charge is -2.26. The van der Waals surface area contributed by atoms with Gasteiger partial charge in [0, 0.05) is 13.2 Å². The van der Waals surface area contributed by atoms with Gasteiger partial charge in [-0.05, 0) is 37.3 Å². The number of imide groups is 1. The van der Waals surface area contributed by atoms with E-state index in [2.05, 4.69) is 17.1 Å². The van der Waals surface area contributed by atoms with Crippen molar-refractivity contribution in [1.82, 2.24) is 14.8 Å². The zero-order chi connectivity index (χ0) is 17.7. The molecule has 25 heavy (non-hydrogen) atoms. The minimum absolute atomic E-state index is 0.164. The summed E-state index contributed by atoms with van der Waals surface area (Å²) in [4.78, 5) is 45.0. The molecule has 1 saturated heterocycles. The van der Waals surface area contributed by atoms with Crippen LogP contribution in [0.3, 0.4) is 0 Å². The van der Waals surface area contributed by atoms with Gasteiger partial charge >= 0.3 is 0 Å². The summed E-state index contributed by atoms with van der Waals surface area (Å²) in [6.45, 7) is 1.70. The van der Waals surface area contributed by atoms with Crippen LogP contribution in [0.4, 0.5) is 0 Å². The molecule has 5 unspecified atom stereocenters. The molecule has 4 rings (SSSR count). The fourth-order valence-electron chi connectivity index (χ4n) is 4.40. The lowest BCUT2D eigenvalue weighted by Crippen LogP contribution is -2.43. The Hall–Kier alpha value is -2.50. The molecule has 1 saturated carbocycles. The van der Waals surface area contributed by atoms with Crippen molar-refractivity contribution in [2.24, 2.45) is 23.7 Å². The predicted molar refractivity (Wildman–Crippen MR) is 89.9 cm³/mol. The first-order chi connectivity index (χ1) is 12.0. The third-order valence-electron chi connectivity index (χ3n) is 5.95. The van der Waals surface area contributed by atoms with Gasteiger partial charge < -0.3 is 4.90 Å². The number of likely N-dealkylation sites (tertiary alicyclic amines) is 1. The highest BCUT2D eigenvalue weighted by atomic mass is 16.2. The number of rotatable bonds is 4. The Balaban J connectivity index is 1.46. The second kappa shape index (κ2) is 5.79. The lowest BCUT2D eigenvalue weighted by atomic mass is 9.85. The number of nitrogens with zero attached hydrogens (tertiary/aromatic N) is 3. The van der Waals surface area contributed by atoms with E-state index in [1.54, 1.807) is 18.1 Å². The minimum Gasteiger partial charge on any atom is -0.336 e. The molecule has 0 radical (unpaired) electrons. The molecule has 6 heteroatoms. The van der Waals surface area contributed by atoms with E-state index in [0.29, 0.717) is 0 Å². The van der Waals surface area contributed by atoms with Crippen LogP contribution in [0, 0.1) is 23.7 Å². The number of aromatic nitrogens is 1. The monoisotopic (exact) mass is 339 g/mol. The normalized spacial score (nSPS) is 30.7. The number of hydrogen-bond donors (Lipinski definition) is 0. The molecule has 3 amide bonds. The maximum Gasteiger partial charge on any atom is 0.243 e. The quantitative estimate of drug-likeness (QED) is 0.614. The zero-order valence-electron chi connectivity index (χ0n) is 14.3. The highest BCUT2D eigenvalue weighted by Gasteiger charge is 2.59. The van der Waals surface area contributed by atoms with Crippen LogP contribution < -0.4 is 0 Å². The van der Waals surface area contributed by atoms with Crippen LogP contribution in [0.1, 0.15) is 25.1 Å². The molecule has 0 spiro atoms. The average molecular weight is 339 g/mol. The molecule has 2 fully saturated rings. The van der Waals surface area contributed by atoms with Gasteiger partial charge in [-0.2, -0.15) is 0 Å². The van der Waals surface area contributed by atoms with Gasteiger partial charge in [0.25, 0.3) is 0 Å². The van der Waals surface area contributed by atoms with E-state index in [4.69, 9.17) is 0 Å². The summed E-state index contributed by atoms with van der Waals surface area (Å²) >= 11 is 0. The van der Waals surface area contributed by atoms with E-state index in [1.165, 1.54) is 4.90 Å². The minimum atomic E-state index is -0.256. The maximum atomic E-state index is 12.7. The number of carbonyl (C=O) groups is 3. The Morgan fingerprint density at radius 2 is 1.88 bits per heavy atom. The third kappa shape index (κ3) is 2.39. The van der Waals surface area contributed by atoms with Crippen LogP contribution >= 0.6 is 0 Å². The van der Waals surface area contributed by atoms with Crippen LogP contribution in [0.15, 0.2) is 36.5 Å². The molecule has 3 aliphatic rings. The first-order valence-electron chi connectivity index (χ1n) is 8.69. The van der Waals surface area contributed by atoms with Crippen LogP contribution in [0.2, 0.25) is 0 Å². The van der Waals surface area contributed by atoms with Crippen molar-refractivity contribution in [2.45, 2.75) is 19.4 Å². The van der Waals surface area contributed by atoms with E-state index in [1.807, 2.05) is 25.1 Å². The second-order valence-corrected chi connectivity index (χ2v) is 7.20. The van der Waals surface area contributed by atoms with Gasteiger partial charge in [-0.15, -0.1) is 0 Å². The van der Waals surface area contributed by atoms with Crippen molar-refractivity contribution >= 4 is 17.7 Å². The number of fused-ring (bicyclic) bond motifs is 5. The molecule has 0 N–H and O–H groups in total. The molecule has 2 bridgehead atoms. The van der Waals surface area contributed by atoms with Gasteiger partial charge in [0.2, 0.25) is 17.7 Å². The highest BCUT2D eigenvalue weighted by Crippen LogP contribution is 2.52. The zero-order valence-corrected chi connectivity index (χ0v) is 14.3. The van der Waals surface area contributed by atoms with Gasteiger partial charge in [0.1, 0.15) is 6.54 Å². The van der Waals surface area contributed by atoms with Crippen molar-refractivity contribution in [1.29, 1.82) is 0 Å². The SMILES string of the molecule is CC(c1ccccn1)N(C)C(=O)CN1C(=O)C2C3C=CC(C3)C2C1=O. The topological polar surface area (TPSA) is 70.6 Å².